The minimum Gasteiger partial charge on any atom is -0.507 e. The van der Waals surface area contributed by atoms with Gasteiger partial charge in [-0.2, -0.15) is 0 Å². The number of phenols is 1. The highest BCUT2D eigenvalue weighted by Gasteiger charge is 2.02. The molecule has 0 aliphatic rings. The van der Waals surface area contributed by atoms with E-state index in [1.807, 2.05) is 24.3 Å². The highest BCUT2D eigenvalue weighted by molar-refractivity contribution is 9.13. The fraction of sp³-hybridized carbons (Fsp3) is 0. The van der Waals surface area contributed by atoms with E-state index in [1.165, 1.54) is 0 Å². The standard InChI is InChI=1S/C10H6Br2O/c11-8-4-6-2-1-3-10(13)7(6)5-9(8)12/h1-5,13H. The first-order valence-electron chi connectivity index (χ1n) is 3.75. The molecule has 0 aliphatic carbocycles. The predicted molar refractivity (Wildman–Crippen MR) is 61.0 cm³/mol. The van der Waals surface area contributed by atoms with E-state index in [4.69, 9.17) is 0 Å². The molecule has 2 aromatic carbocycles. The van der Waals surface area contributed by atoms with Crippen molar-refractivity contribution in [1.29, 1.82) is 0 Å². The second-order valence-electron chi connectivity index (χ2n) is 2.76. The van der Waals surface area contributed by atoms with E-state index in [0.29, 0.717) is 5.75 Å². The second-order valence-corrected chi connectivity index (χ2v) is 4.47. The van der Waals surface area contributed by atoms with Crippen molar-refractivity contribution >= 4 is 42.6 Å². The number of rotatable bonds is 0. The maximum absolute atomic E-state index is 9.55. The van der Waals surface area contributed by atoms with E-state index >= 15 is 0 Å². The van der Waals surface area contributed by atoms with E-state index < -0.39 is 0 Å². The smallest absolute Gasteiger partial charge is 0.123 e. The number of fused-ring (bicyclic) bond motifs is 1. The van der Waals surface area contributed by atoms with Crippen molar-refractivity contribution in [3.8, 4) is 5.75 Å². The van der Waals surface area contributed by atoms with Gasteiger partial charge >= 0.3 is 0 Å². The van der Waals surface area contributed by atoms with Gasteiger partial charge in [0.1, 0.15) is 5.75 Å². The van der Waals surface area contributed by atoms with Crippen LogP contribution in [0.25, 0.3) is 10.8 Å². The third-order valence-electron chi connectivity index (χ3n) is 1.90. The third kappa shape index (κ3) is 1.58. The lowest BCUT2D eigenvalue weighted by molar-refractivity contribution is 0.481. The van der Waals surface area contributed by atoms with Crippen LogP contribution in [0, 0.1) is 0 Å². The summed E-state index contributed by atoms with van der Waals surface area (Å²) in [6.45, 7) is 0. The average Bonchev–Trinajstić information content (AvgIpc) is 2.09. The van der Waals surface area contributed by atoms with Gasteiger partial charge in [0.05, 0.1) is 0 Å². The minimum absolute atomic E-state index is 0.311. The molecule has 0 aromatic heterocycles. The summed E-state index contributed by atoms with van der Waals surface area (Å²) < 4.78 is 1.94. The molecule has 0 saturated heterocycles. The molecule has 0 fully saturated rings. The molecule has 0 saturated carbocycles. The van der Waals surface area contributed by atoms with E-state index in [-0.39, 0.29) is 0 Å². The first-order valence-corrected chi connectivity index (χ1v) is 5.34. The summed E-state index contributed by atoms with van der Waals surface area (Å²) in [7, 11) is 0. The number of aromatic hydroxyl groups is 1. The Bertz CT molecular complexity index is 466. The van der Waals surface area contributed by atoms with Crippen LogP contribution in [-0.4, -0.2) is 5.11 Å². The third-order valence-corrected chi connectivity index (χ3v) is 3.74. The van der Waals surface area contributed by atoms with Crippen LogP contribution in [0.2, 0.25) is 0 Å². The molecule has 0 heterocycles. The number of hydrogen-bond donors (Lipinski definition) is 1. The lowest BCUT2D eigenvalue weighted by Crippen LogP contribution is -1.75. The van der Waals surface area contributed by atoms with Gasteiger partial charge in [0.25, 0.3) is 0 Å². The quantitative estimate of drug-likeness (QED) is 0.778. The molecule has 0 amide bonds. The van der Waals surface area contributed by atoms with Crippen molar-refractivity contribution in [2.24, 2.45) is 0 Å². The van der Waals surface area contributed by atoms with Crippen LogP contribution in [0.4, 0.5) is 0 Å². The molecule has 0 radical (unpaired) electrons. The molecule has 1 N–H and O–H groups in total. The summed E-state index contributed by atoms with van der Waals surface area (Å²) in [5, 5.41) is 11.4. The van der Waals surface area contributed by atoms with Crippen LogP contribution in [0.15, 0.2) is 39.3 Å². The predicted octanol–water partition coefficient (Wildman–Crippen LogP) is 4.07. The summed E-state index contributed by atoms with van der Waals surface area (Å²) in [5.41, 5.74) is 0. The number of hydrogen-bond acceptors (Lipinski definition) is 1. The summed E-state index contributed by atoms with van der Waals surface area (Å²) in [6.07, 6.45) is 0. The fourth-order valence-corrected chi connectivity index (χ4v) is 1.96. The zero-order valence-corrected chi connectivity index (χ0v) is 9.76. The van der Waals surface area contributed by atoms with Gasteiger partial charge in [-0.15, -0.1) is 0 Å². The van der Waals surface area contributed by atoms with E-state index in [2.05, 4.69) is 31.9 Å². The zero-order valence-electron chi connectivity index (χ0n) is 6.59. The van der Waals surface area contributed by atoms with Crippen molar-refractivity contribution in [2.45, 2.75) is 0 Å². The molecule has 0 atom stereocenters. The fourth-order valence-electron chi connectivity index (χ4n) is 1.25. The molecule has 3 heteroatoms. The highest BCUT2D eigenvalue weighted by atomic mass is 79.9. The van der Waals surface area contributed by atoms with Crippen LogP contribution in [-0.2, 0) is 0 Å². The Morgan fingerprint density at radius 2 is 1.69 bits per heavy atom. The van der Waals surface area contributed by atoms with Gasteiger partial charge in [0, 0.05) is 14.3 Å². The van der Waals surface area contributed by atoms with Crippen LogP contribution < -0.4 is 0 Å². The Balaban J connectivity index is 2.89. The van der Waals surface area contributed by atoms with Gasteiger partial charge in [-0.25, -0.2) is 0 Å². The van der Waals surface area contributed by atoms with Crippen molar-refractivity contribution in [2.75, 3.05) is 0 Å². The topological polar surface area (TPSA) is 20.2 Å². The molecule has 13 heavy (non-hydrogen) atoms. The van der Waals surface area contributed by atoms with Crippen molar-refractivity contribution < 1.29 is 5.11 Å². The molecule has 66 valence electrons. The number of halogens is 2. The van der Waals surface area contributed by atoms with E-state index in [0.717, 1.165) is 19.7 Å². The molecule has 2 aromatic rings. The van der Waals surface area contributed by atoms with Crippen LogP contribution in [0.1, 0.15) is 0 Å². The first-order chi connectivity index (χ1) is 6.18. The average molecular weight is 302 g/mol. The number of phenolic OH excluding ortho intramolecular Hbond substituents is 1. The summed E-state index contributed by atoms with van der Waals surface area (Å²) in [5.74, 6) is 0.311. The molecule has 0 bridgehead atoms. The van der Waals surface area contributed by atoms with Gasteiger partial charge < -0.3 is 5.11 Å². The maximum atomic E-state index is 9.55. The maximum Gasteiger partial charge on any atom is 0.123 e. The van der Waals surface area contributed by atoms with Crippen LogP contribution in [0.3, 0.4) is 0 Å². The van der Waals surface area contributed by atoms with E-state index in [1.54, 1.807) is 6.07 Å². The summed E-state index contributed by atoms with van der Waals surface area (Å²) in [6, 6.07) is 9.35. The van der Waals surface area contributed by atoms with Crippen molar-refractivity contribution in [1.82, 2.24) is 0 Å². The molecule has 0 unspecified atom stereocenters. The molecule has 2 rings (SSSR count). The molecule has 1 nitrogen and oxygen atoms in total. The Morgan fingerprint density at radius 1 is 1.00 bits per heavy atom. The lowest BCUT2D eigenvalue weighted by atomic mass is 10.1. The van der Waals surface area contributed by atoms with Crippen LogP contribution in [0.5, 0.6) is 5.75 Å². The Labute approximate surface area is 92.6 Å². The minimum atomic E-state index is 0.311. The highest BCUT2D eigenvalue weighted by Crippen LogP contribution is 2.32. The summed E-state index contributed by atoms with van der Waals surface area (Å²) >= 11 is 6.80. The largest absolute Gasteiger partial charge is 0.507 e. The van der Waals surface area contributed by atoms with Crippen LogP contribution >= 0.6 is 31.9 Å². The first kappa shape index (κ1) is 9.03. The Morgan fingerprint density at radius 3 is 2.46 bits per heavy atom. The van der Waals surface area contributed by atoms with Gasteiger partial charge in [0.2, 0.25) is 0 Å². The monoisotopic (exact) mass is 300 g/mol. The van der Waals surface area contributed by atoms with Gasteiger partial charge in [-0.3, -0.25) is 0 Å². The van der Waals surface area contributed by atoms with Gasteiger partial charge in [0.15, 0.2) is 0 Å². The molecular formula is C10H6Br2O. The van der Waals surface area contributed by atoms with Crippen molar-refractivity contribution in [3.63, 3.8) is 0 Å². The van der Waals surface area contributed by atoms with Gasteiger partial charge in [-0.05, 0) is 55.4 Å². The Kier molecular flexibility index (Phi) is 2.30. The number of benzene rings is 2. The zero-order chi connectivity index (χ0) is 9.42. The molecule has 0 spiro atoms. The SMILES string of the molecule is Oc1cccc2cc(Br)c(Br)cc12. The normalized spacial score (nSPS) is 10.6. The summed E-state index contributed by atoms with van der Waals surface area (Å²) in [4.78, 5) is 0. The van der Waals surface area contributed by atoms with Gasteiger partial charge in [-0.1, -0.05) is 12.1 Å². The van der Waals surface area contributed by atoms with Crippen molar-refractivity contribution in [3.05, 3.63) is 39.3 Å². The molecular weight excluding hydrogens is 296 g/mol. The second kappa shape index (κ2) is 3.31. The molecule has 0 aliphatic heterocycles. The lowest BCUT2D eigenvalue weighted by Gasteiger charge is -2.02. The van der Waals surface area contributed by atoms with E-state index in [9.17, 15) is 5.11 Å². The Hall–Kier alpha value is -0.540.